The van der Waals surface area contributed by atoms with Crippen molar-refractivity contribution in [2.24, 2.45) is 4.99 Å². The van der Waals surface area contributed by atoms with E-state index >= 15 is 0 Å². The maximum absolute atomic E-state index is 5.20. The summed E-state index contributed by atoms with van der Waals surface area (Å²) in [5.41, 5.74) is 5.54. The zero-order valence-corrected chi connectivity index (χ0v) is 16.9. The van der Waals surface area contributed by atoms with E-state index in [4.69, 9.17) is 9.84 Å². The van der Waals surface area contributed by atoms with Crippen LogP contribution in [0, 0.1) is 13.8 Å². The van der Waals surface area contributed by atoms with Gasteiger partial charge in [0, 0.05) is 31.4 Å². The number of aromatic nitrogens is 2. The molecule has 28 heavy (non-hydrogen) atoms. The lowest BCUT2D eigenvalue weighted by atomic mass is 10.2. The van der Waals surface area contributed by atoms with E-state index in [1.54, 1.807) is 14.2 Å². The quantitative estimate of drug-likeness (QED) is 0.511. The van der Waals surface area contributed by atoms with E-state index in [1.165, 1.54) is 5.56 Å². The molecular formula is C22H27N5O. The Kier molecular flexibility index (Phi) is 6.32. The second-order valence-corrected chi connectivity index (χ2v) is 6.52. The number of ether oxygens (including phenoxy) is 1. The average molecular weight is 377 g/mol. The summed E-state index contributed by atoms with van der Waals surface area (Å²) in [5.74, 6) is 1.61. The van der Waals surface area contributed by atoms with Crippen molar-refractivity contribution in [3.05, 3.63) is 77.1 Å². The molecule has 0 aliphatic carbocycles. The van der Waals surface area contributed by atoms with E-state index in [0.717, 1.165) is 34.3 Å². The highest BCUT2D eigenvalue weighted by molar-refractivity contribution is 5.79. The van der Waals surface area contributed by atoms with Gasteiger partial charge >= 0.3 is 0 Å². The van der Waals surface area contributed by atoms with Crippen LogP contribution in [0.4, 0.5) is 0 Å². The van der Waals surface area contributed by atoms with Crippen molar-refractivity contribution >= 4 is 5.96 Å². The molecule has 0 bridgehead atoms. The van der Waals surface area contributed by atoms with Gasteiger partial charge in [0.25, 0.3) is 0 Å². The van der Waals surface area contributed by atoms with Crippen LogP contribution < -0.4 is 15.4 Å². The smallest absolute Gasteiger partial charge is 0.191 e. The van der Waals surface area contributed by atoms with Crippen molar-refractivity contribution in [3.63, 3.8) is 0 Å². The number of nitrogens with one attached hydrogen (secondary N) is 2. The zero-order valence-electron chi connectivity index (χ0n) is 16.9. The minimum absolute atomic E-state index is 0.660. The SMILES string of the molecule is CN=C(NCc1ccc(OC)cc1)NCc1c(C)nn(-c2ccccc2)c1C. The van der Waals surface area contributed by atoms with Crippen LogP contribution in [-0.4, -0.2) is 29.9 Å². The second kappa shape index (κ2) is 9.08. The molecule has 0 amide bonds. The Morgan fingerprint density at radius 1 is 1.00 bits per heavy atom. The molecule has 0 saturated carbocycles. The van der Waals surface area contributed by atoms with E-state index in [0.29, 0.717) is 13.1 Å². The van der Waals surface area contributed by atoms with Gasteiger partial charge < -0.3 is 15.4 Å². The molecule has 0 unspecified atom stereocenters. The van der Waals surface area contributed by atoms with Crippen LogP contribution in [0.15, 0.2) is 59.6 Å². The summed E-state index contributed by atoms with van der Waals surface area (Å²) in [4.78, 5) is 4.32. The van der Waals surface area contributed by atoms with E-state index in [9.17, 15) is 0 Å². The monoisotopic (exact) mass is 377 g/mol. The summed E-state index contributed by atoms with van der Waals surface area (Å²) in [6, 6.07) is 18.2. The number of aryl methyl sites for hydroxylation is 1. The molecule has 1 aromatic heterocycles. The summed E-state index contributed by atoms with van der Waals surface area (Å²) in [6.45, 7) is 5.48. The summed E-state index contributed by atoms with van der Waals surface area (Å²) in [6.07, 6.45) is 0. The van der Waals surface area contributed by atoms with Gasteiger partial charge in [-0.3, -0.25) is 4.99 Å². The summed E-state index contributed by atoms with van der Waals surface area (Å²) < 4.78 is 7.18. The second-order valence-electron chi connectivity index (χ2n) is 6.52. The topological polar surface area (TPSA) is 63.5 Å². The Balaban J connectivity index is 1.63. The van der Waals surface area contributed by atoms with Gasteiger partial charge in [-0.05, 0) is 43.7 Å². The first-order chi connectivity index (χ1) is 13.6. The van der Waals surface area contributed by atoms with Crippen molar-refractivity contribution in [2.45, 2.75) is 26.9 Å². The molecule has 3 aromatic rings. The molecule has 0 saturated heterocycles. The number of hydrogen-bond acceptors (Lipinski definition) is 3. The fourth-order valence-electron chi connectivity index (χ4n) is 3.07. The molecule has 6 heteroatoms. The van der Waals surface area contributed by atoms with Crippen molar-refractivity contribution in [1.29, 1.82) is 0 Å². The largest absolute Gasteiger partial charge is 0.497 e. The first-order valence-electron chi connectivity index (χ1n) is 9.30. The van der Waals surface area contributed by atoms with E-state index in [1.807, 2.05) is 54.1 Å². The number of nitrogens with zero attached hydrogens (tertiary/aromatic N) is 3. The standard InChI is InChI=1S/C22H27N5O/c1-16-21(17(2)27(26-16)19-8-6-5-7-9-19)15-25-22(23-3)24-14-18-10-12-20(28-4)13-11-18/h5-13H,14-15H2,1-4H3,(H2,23,24,25). The molecule has 2 N–H and O–H groups in total. The number of methoxy groups -OCH3 is 1. The Labute approximate surface area is 166 Å². The fraction of sp³-hybridized carbons (Fsp3) is 0.273. The lowest BCUT2D eigenvalue weighted by Crippen LogP contribution is -2.36. The maximum atomic E-state index is 5.20. The number of para-hydroxylation sites is 1. The number of hydrogen-bond donors (Lipinski definition) is 2. The Morgan fingerprint density at radius 2 is 1.68 bits per heavy atom. The molecule has 146 valence electrons. The highest BCUT2D eigenvalue weighted by Crippen LogP contribution is 2.17. The van der Waals surface area contributed by atoms with Crippen LogP contribution >= 0.6 is 0 Å². The van der Waals surface area contributed by atoms with Gasteiger partial charge in [0.1, 0.15) is 5.75 Å². The van der Waals surface area contributed by atoms with Gasteiger partial charge in [0.15, 0.2) is 5.96 Å². The first-order valence-corrected chi connectivity index (χ1v) is 9.30. The maximum Gasteiger partial charge on any atom is 0.191 e. The molecule has 3 rings (SSSR count). The van der Waals surface area contributed by atoms with Crippen molar-refractivity contribution in [3.8, 4) is 11.4 Å². The lowest BCUT2D eigenvalue weighted by Gasteiger charge is -2.13. The number of rotatable bonds is 6. The minimum Gasteiger partial charge on any atom is -0.497 e. The van der Waals surface area contributed by atoms with Gasteiger partial charge in [0.05, 0.1) is 18.5 Å². The summed E-state index contributed by atoms with van der Waals surface area (Å²) >= 11 is 0. The van der Waals surface area contributed by atoms with Gasteiger partial charge in [-0.1, -0.05) is 30.3 Å². The molecule has 0 aliphatic rings. The average Bonchev–Trinajstić information content (AvgIpc) is 3.03. The van der Waals surface area contributed by atoms with Crippen molar-refractivity contribution in [2.75, 3.05) is 14.2 Å². The molecular weight excluding hydrogens is 350 g/mol. The third-order valence-corrected chi connectivity index (χ3v) is 4.72. The summed E-state index contributed by atoms with van der Waals surface area (Å²) in [7, 11) is 3.44. The van der Waals surface area contributed by atoms with Gasteiger partial charge in [0.2, 0.25) is 0 Å². The van der Waals surface area contributed by atoms with Crippen molar-refractivity contribution < 1.29 is 4.74 Å². The highest BCUT2D eigenvalue weighted by Gasteiger charge is 2.13. The fourth-order valence-corrected chi connectivity index (χ4v) is 3.07. The minimum atomic E-state index is 0.660. The van der Waals surface area contributed by atoms with Crippen LogP contribution in [0.1, 0.15) is 22.5 Å². The van der Waals surface area contributed by atoms with E-state index in [2.05, 4.69) is 34.7 Å². The van der Waals surface area contributed by atoms with Gasteiger partial charge in [-0.25, -0.2) is 4.68 Å². The molecule has 0 atom stereocenters. The normalized spacial score (nSPS) is 11.4. The number of benzene rings is 2. The number of guanidine groups is 1. The molecule has 0 spiro atoms. The Morgan fingerprint density at radius 3 is 2.32 bits per heavy atom. The van der Waals surface area contributed by atoms with Crippen LogP contribution in [0.2, 0.25) is 0 Å². The van der Waals surface area contributed by atoms with Crippen LogP contribution in [-0.2, 0) is 13.1 Å². The van der Waals surface area contributed by atoms with Crippen LogP contribution in [0.3, 0.4) is 0 Å². The van der Waals surface area contributed by atoms with Crippen LogP contribution in [0.25, 0.3) is 5.69 Å². The predicted molar refractivity (Wildman–Crippen MR) is 113 cm³/mol. The Hall–Kier alpha value is -3.28. The molecule has 2 aromatic carbocycles. The zero-order chi connectivity index (χ0) is 19.9. The molecule has 0 aliphatic heterocycles. The van der Waals surface area contributed by atoms with E-state index < -0.39 is 0 Å². The van der Waals surface area contributed by atoms with Gasteiger partial charge in [-0.2, -0.15) is 5.10 Å². The predicted octanol–water partition coefficient (Wildman–Crippen LogP) is 3.36. The van der Waals surface area contributed by atoms with Crippen LogP contribution in [0.5, 0.6) is 5.75 Å². The first kappa shape index (κ1) is 19.5. The Bertz CT molecular complexity index is 930. The molecule has 0 fully saturated rings. The third kappa shape index (κ3) is 4.52. The lowest BCUT2D eigenvalue weighted by molar-refractivity contribution is 0.414. The third-order valence-electron chi connectivity index (χ3n) is 4.72. The highest BCUT2D eigenvalue weighted by atomic mass is 16.5. The van der Waals surface area contributed by atoms with Gasteiger partial charge in [-0.15, -0.1) is 0 Å². The number of aliphatic imine (C=N–C) groups is 1. The molecule has 0 radical (unpaired) electrons. The summed E-state index contributed by atoms with van der Waals surface area (Å²) in [5, 5.41) is 11.4. The van der Waals surface area contributed by atoms with E-state index in [-0.39, 0.29) is 0 Å². The van der Waals surface area contributed by atoms with Crippen molar-refractivity contribution in [1.82, 2.24) is 20.4 Å². The molecule has 6 nitrogen and oxygen atoms in total. The molecule has 1 heterocycles.